The maximum absolute atomic E-state index is 12.5. The summed E-state index contributed by atoms with van der Waals surface area (Å²) in [7, 11) is 0. The van der Waals surface area contributed by atoms with Crippen LogP contribution in [0, 0.1) is 0 Å². The summed E-state index contributed by atoms with van der Waals surface area (Å²) in [4.78, 5) is 30.4. The molecule has 10 heteroatoms. The standard InChI is InChI=1S/C26H35N5O5/c1-19(32)24(25(33)28-35)27-26(34)31-12-10-30(11-13-31)23-8-6-22(7-9-23)21-4-2-20(3-5-21)18-29-14-16-36-17-15-29/h2-9,19,24,32,35H,10-18H2,1H3,(H,27,34)(H,28,33)/t19-,24+/m0/s1. The van der Waals surface area contributed by atoms with E-state index in [0.29, 0.717) is 26.2 Å². The van der Waals surface area contributed by atoms with E-state index in [4.69, 9.17) is 9.94 Å². The highest BCUT2D eigenvalue weighted by Crippen LogP contribution is 2.25. The lowest BCUT2D eigenvalue weighted by Gasteiger charge is -2.36. The molecule has 0 spiro atoms. The molecule has 4 rings (SSSR count). The quantitative estimate of drug-likeness (QED) is 0.336. The van der Waals surface area contributed by atoms with Gasteiger partial charge in [-0.25, -0.2) is 10.3 Å². The lowest BCUT2D eigenvalue weighted by Crippen LogP contribution is -2.58. The third kappa shape index (κ3) is 6.52. The minimum Gasteiger partial charge on any atom is -0.391 e. The number of morpholine rings is 1. The maximum atomic E-state index is 12.5. The monoisotopic (exact) mass is 497 g/mol. The van der Waals surface area contributed by atoms with E-state index in [1.807, 2.05) is 0 Å². The van der Waals surface area contributed by atoms with Crippen LogP contribution >= 0.6 is 0 Å². The number of amides is 3. The molecule has 36 heavy (non-hydrogen) atoms. The average Bonchev–Trinajstić information content (AvgIpc) is 2.92. The van der Waals surface area contributed by atoms with E-state index in [1.54, 1.807) is 4.90 Å². The number of benzene rings is 2. The molecule has 10 nitrogen and oxygen atoms in total. The van der Waals surface area contributed by atoms with Crippen molar-refractivity contribution in [3.05, 3.63) is 54.1 Å². The Bertz CT molecular complexity index is 1000. The van der Waals surface area contributed by atoms with Gasteiger partial charge < -0.3 is 25.0 Å². The van der Waals surface area contributed by atoms with Crippen LogP contribution in [0.25, 0.3) is 11.1 Å². The number of carbonyl (C=O) groups excluding carboxylic acids is 2. The van der Waals surface area contributed by atoms with Gasteiger partial charge in [0.2, 0.25) is 0 Å². The minimum absolute atomic E-state index is 0.448. The molecule has 0 radical (unpaired) electrons. The molecule has 0 aromatic heterocycles. The number of aliphatic hydroxyl groups is 1. The molecule has 4 N–H and O–H groups in total. The third-order valence-electron chi connectivity index (χ3n) is 6.75. The van der Waals surface area contributed by atoms with Gasteiger partial charge in [-0.1, -0.05) is 36.4 Å². The Morgan fingerprint density at radius 2 is 1.50 bits per heavy atom. The van der Waals surface area contributed by atoms with E-state index < -0.39 is 24.1 Å². The Labute approximate surface area is 211 Å². The molecule has 2 aliphatic heterocycles. The molecule has 2 aliphatic rings. The van der Waals surface area contributed by atoms with Gasteiger partial charge >= 0.3 is 6.03 Å². The largest absolute Gasteiger partial charge is 0.391 e. The molecule has 194 valence electrons. The molecule has 2 heterocycles. The summed E-state index contributed by atoms with van der Waals surface area (Å²) in [6.45, 7) is 8.14. The van der Waals surface area contributed by atoms with Crippen LogP contribution < -0.4 is 15.7 Å². The molecule has 3 amide bonds. The van der Waals surface area contributed by atoms with Crippen molar-refractivity contribution in [1.82, 2.24) is 20.6 Å². The van der Waals surface area contributed by atoms with Crippen LogP contribution in [0.1, 0.15) is 12.5 Å². The van der Waals surface area contributed by atoms with Gasteiger partial charge in [0.05, 0.1) is 19.3 Å². The highest BCUT2D eigenvalue weighted by Gasteiger charge is 2.29. The zero-order valence-corrected chi connectivity index (χ0v) is 20.6. The van der Waals surface area contributed by atoms with Crippen molar-refractivity contribution in [2.45, 2.75) is 25.6 Å². The molecule has 0 unspecified atom stereocenters. The second-order valence-electron chi connectivity index (χ2n) is 9.25. The number of ether oxygens (including phenoxy) is 1. The highest BCUT2D eigenvalue weighted by molar-refractivity contribution is 5.87. The summed E-state index contributed by atoms with van der Waals surface area (Å²) in [6, 6.07) is 15.5. The molecular weight excluding hydrogens is 462 g/mol. The fourth-order valence-corrected chi connectivity index (χ4v) is 4.55. The SMILES string of the molecule is C[C@H](O)[C@@H](NC(=O)N1CCN(c2ccc(-c3ccc(CN4CCOCC4)cc3)cc2)CC1)C(=O)NO. The first-order valence-corrected chi connectivity index (χ1v) is 12.4. The van der Waals surface area contributed by atoms with Crippen LogP contribution in [0.3, 0.4) is 0 Å². The fourth-order valence-electron chi connectivity index (χ4n) is 4.55. The van der Waals surface area contributed by atoms with Gasteiger partial charge in [0.15, 0.2) is 0 Å². The normalized spacial score (nSPS) is 18.4. The van der Waals surface area contributed by atoms with E-state index in [9.17, 15) is 14.7 Å². The first-order valence-electron chi connectivity index (χ1n) is 12.4. The molecule has 2 fully saturated rings. The number of hydrogen-bond acceptors (Lipinski definition) is 7. The average molecular weight is 498 g/mol. The molecule has 2 atom stereocenters. The third-order valence-corrected chi connectivity index (χ3v) is 6.75. The second kappa shape index (κ2) is 12.2. The smallest absolute Gasteiger partial charge is 0.318 e. The van der Waals surface area contributed by atoms with Crippen molar-refractivity contribution in [3.63, 3.8) is 0 Å². The van der Waals surface area contributed by atoms with E-state index in [1.165, 1.54) is 23.5 Å². The van der Waals surface area contributed by atoms with Gasteiger partial charge in [-0.15, -0.1) is 0 Å². The molecule has 2 aromatic rings. The topological polar surface area (TPSA) is 118 Å². The number of carbonyl (C=O) groups is 2. The summed E-state index contributed by atoms with van der Waals surface area (Å²) < 4.78 is 5.42. The number of nitrogens with one attached hydrogen (secondary N) is 2. The minimum atomic E-state index is -1.22. The van der Waals surface area contributed by atoms with Gasteiger partial charge in [0, 0.05) is 51.5 Å². The Balaban J connectivity index is 1.29. The Kier molecular flexibility index (Phi) is 8.76. The predicted octanol–water partition coefficient (Wildman–Crippen LogP) is 1.27. The van der Waals surface area contributed by atoms with Crippen LogP contribution in [0.4, 0.5) is 10.5 Å². The number of rotatable bonds is 7. The molecule has 0 saturated carbocycles. The Morgan fingerprint density at radius 3 is 2.06 bits per heavy atom. The number of hydrogen-bond donors (Lipinski definition) is 4. The zero-order chi connectivity index (χ0) is 25.5. The van der Waals surface area contributed by atoms with Gasteiger partial charge in [-0.2, -0.15) is 0 Å². The van der Waals surface area contributed by atoms with Gasteiger partial charge in [0.25, 0.3) is 5.91 Å². The molecule has 0 bridgehead atoms. The second-order valence-corrected chi connectivity index (χ2v) is 9.25. The van der Waals surface area contributed by atoms with Crippen LogP contribution in [-0.2, 0) is 16.1 Å². The van der Waals surface area contributed by atoms with Crippen LogP contribution in [0.2, 0.25) is 0 Å². The van der Waals surface area contributed by atoms with E-state index in [-0.39, 0.29) is 0 Å². The van der Waals surface area contributed by atoms with E-state index >= 15 is 0 Å². The fraction of sp³-hybridized carbons (Fsp3) is 0.462. The lowest BCUT2D eigenvalue weighted by atomic mass is 10.0. The van der Waals surface area contributed by atoms with Gasteiger partial charge in [0.1, 0.15) is 6.04 Å². The van der Waals surface area contributed by atoms with Crippen LogP contribution in [0.5, 0.6) is 0 Å². The van der Waals surface area contributed by atoms with Crippen molar-refractivity contribution < 1.29 is 24.6 Å². The summed E-state index contributed by atoms with van der Waals surface area (Å²) in [5.74, 6) is -0.858. The number of urea groups is 1. The number of hydroxylamine groups is 1. The predicted molar refractivity (Wildman–Crippen MR) is 136 cm³/mol. The number of nitrogens with zero attached hydrogens (tertiary/aromatic N) is 3. The zero-order valence-electron chi connectivity index (χ0n) is 20.6. The highest BCUT2D eigenvalue weighted by atomic mass is 16.5. The van der Waals surface area contributed by atoms with Crippen molar-refractivity contribution in [2.75, 3.05) is 57.4 Å². The first kappa shape index (κ1) is 25.9. The van der Waals surface area contributed by atoms with Crippen LogP contribution in [0.15, 0.2) is 48.5 Å². The molecular formula is C26H35N5O5. The molecule has 0 aliphatic carbocycles. The van der Waals surface area contributed by atoms with Crippen molar-refractivity contribution in [1.29, 1.82) is 0 Å². The lowest BCUT2D eigenvalue weighted by molar-refractivity contribution is -0.133. The van der Waals surface area contributed by atoms with Crippen molar-refractivity contribution >= 4 is 17.6 Å². The first-order chi connectivity index (χ1) is 17.4. The summed E-state index contributed by atoms with van der Waals surface area (Å²) in [5.41, 5.74) is 6.19. The van der Waals surface area contributed by atoms with E-state index in [0.717, 1.165) is 44.1 Å². The van der Waals surface area contributed by atoms with Gasteiger partial charge in [-0.3, -0.25) is 14.9 Å². The summed E-state index contributed by atoms with van der Waals surface area (Å²) in [5, 5.41) is 21.0. The van der Waals surface area contributed by atoms with E-state index in [2.05, 4.69) is 63.6 Å². The summed E-state index contributed by atoms with van der Waals surface area (Å²) in [6.07, 6.45) is -1.14. The molecule has 2 aromatic carbocycles. The number of piperazine rings is 1. The molecule has 2 saturated heterocycles. The number of aliphatic hydroxyl groups excluding tert-OH is 1. The number of anilines is 1. The summed E-state index contributed by atoms with van der Waals surface area (Å²) >= 11 is 0. The maximum Gasteiger partial charge on any atom is 0.318 e. The van der Waals surface area contributed by atoms with Gasteiger partial charge in [-0.05, 0) is 35.7 Å². The van der Waals surface area contributed by atoms with Crippen molar-refractivity contribution in [2.24, 2.45) is 0 Å². The Morgan fingerprint density at radius 1 is 0.917 bits per heavy atom. The Hall–Kier alpha value is -3.18. The van der Waals surface area contributed by atoms with Crippen LogP contribution in [-0.4, -0.2) is 96.7 Å². The van der Waals surface area contributed by atoms with Crippen molar-refractivity contribution in [3.8, 4) is 11.1 Å².